The first-order chi connectivity index (χ1) is 9.31. The van der Waals surface area contributed by atoms with Crippen LogP contribution in [0.25, 0.3) is 12.2 Å². The minimum atomic E-state index is 0.890. The van der Waals surface area contributed by atoms with Crippen molar-refractivity contribution in [3.8, 4) is 5.75 Å². The third kappa shape index (κ3) is 3.99. The Morgan fingerprint density at radius 3 is 1.84 bits per heavy atom. The van der Waals surface area contributed by atoms with Gasteiger partial charge >= 0.3 is 0 Å². The molecule has 0 bridgehead atoms. The summed E-state index contributed by atoms with van der Waals surface area (Å²) in [5.74, 6) is 0.890. The zero-order chi connectivity index (χ0) is 13.5. The number of methoxy groups -OCH3 is 1. The van der Waals surface area contributed by atoms with Gasteiger partial charge in [0, 0.05) is 0 Å². The molecule has 0 saturated heterocycles. The molecule has 0 aliphatic heterocycles. The smallest absolute Gasteiger partial charge is 0.118 e. The van der Waals surface area contributed by atoms with Crippen LogP contribution < -0.4 is 4.74 Å². The summed E-state index contributed by atoms with van der Waals surface area (Å²) in [6.45, 7) is 2.21. The van der Waals surface area contributed by atoms with Crippen molar-refractivity contribution in [3.05, 3.63) is 65.2 Å². The van der Waals surface area contributed by atoms with Gasteiger partial charge in [0.2, 0.25) is 0 Å². The van der Waals surface area contributed by atoms with Crippen LogP contribution in [0.2, 0.25) is 0 Å². The monoisotopic (exact) mass is 252 g/mol. The molecule has 0 radical (unpaired) electrons. The average molecular weight is 252 g/mol. The van der Waals surface area contributed by atoms with Crippen molar-refractivity contribution in [2.45, 2.75) is 19.8 Å². The largest absolute Gasteiger partial charge is 0.497 e. The van der Waals surface area contributed by atoms with Crippen molar-refractivity contribution >= 4 is 12.2 Å². The number of aryl methyl sites for hydroxylation is 1. The van der Waals surface area contributed by atoms with Crippen LogP contribution in [-0.2, 0) is 6.42 Å². The van der Waals surface area contributed by atoms with E-state index in [-0.39, 0.29) is 0 Å². The van der Waals surface area contributed by atoms with Crippen LogP contribution in [0.5, 0.6) is 5.75 Å². The predicted octanol–water partition coefficient (Wildman–Crippen LogP) is 4.82. The summed E-state index contributed by atoms with van der Waals surface area (Å²) in [5.41, 5.74) is 3.82. The molecular weight excluding hydrogens is 232 g/mol. The topological polar surface area (TPSA) is 9.23 Å². The highest BCUT2D eigenvalue weighted by molar-refractivity contribution is 5.69. The van der Waals surface area contributed by atoms with Crippen LogP contribution in [0, 0.1) is 0 Å². The lowest BCUT2D eigenvalue weighted by molar-refractivity contribution is 0.415. The summed E-state index contributed by atoms with van der Waals surface area (Å²) in [7, 11) is 1.68. The third-order valence-corrected chi connectivity index (χ3v) is 3.10. The van der Waals surface area contributed by atoms with Crippen LogP contribution in [-0.4, -0.2) is 7.11 Å². The van der Waals surface area contributed by atoms with Crippen LogP contribution in [0.1, 0.15) is 30.0 Å². The van der Waals surface area contributed by atoms with Crippen molar-refractivity contribution in [2.24, 2.45) is 0 Å². The zero-order valence-electron chi connectivity index (χ0n) is 11.6. The molecule has 0 aliphatic carbocycles. The Labute approximate surface area is 115 Å². The van der Waals surface area contributed by atoms with Crippen LogP contribution in [0.15, 0.2) is 48.5 Å². The molecule has 1 nitrogen and oxygen atoms in total. The molecule has 98 valence electrons. The summed E-state index contributed by atoms with van der Waals surface area (Å²) < 4.78 is 5.14. The average Bonchev–Trinajstić information content (AvgIpc) is 2.47. The first-order valence-corrected chi connectivity index (χ1v) is 6.73. The van der Waals surface area contributed by atoms with E-state index in [0.29, 0.717) is 0 Å². The van der Waals surface area contributed by atoms with Gasteiger partial charge in [-0.1, -0.05) is 61.9 Å². The van der Waals surface area contributed by atoms with E-state index in [2.05, 4.69) is 55.5 Å². The number of benzene rings is 2. The van der Waals surface area contributed by atoms with Crippen molar-refractivity contribution in [1.29, 1.82) is 0 Å². The SMILES string of the molecule is CCCc1ccc(/C=C\c2ccc(OC)cc2)cc1. The molecule has 19 heavy (non-hydrogen) atoms. The van der Waals surface area contributed by atoms with Crippen LogP contribution in [0.3, 0.4) is 0 Å². The van der Waals surface area contributed by atoms with Gasteiger partial charge in [-0.05, 0) is 35.2 Å². The van der Waals surface area contributed by atoms with Gasteiger partial charge in [-0.15, -0.1) is 0 Å². The molecule has 1 heteroatoms. The van der Waals surface area contributed by atoms with Gasteiger partial charge in [-0.3, -0.25) is 0 Å². The fourth-order valence-corrected chi connectivity index (χ4v) is 1.99. The second-order valence-electron chi connectivity index (χ2n) is 4.60. The maximum Gasteiger partial charge on any atom is 0.118 e. The summed E-state index contributed by atoms with van der Waals surface area (Å²) in [4.78, 5) is 0. The predicted molar refractivity (Wildman–Crippen MR) is 82.4 cm³/mol. The number of rotatable bonds is 5. The van der Waals surface area contributed by atoms with Crippen molar-refractivity contribution in [3.63, 3.8) is 0 Å². The first-order valence-electron chi connectivity index (χ1n) is 6.73. The minimum Gasteiger partial charge on any atom is -0.497 e. The molecule has 0 aromatic heterocycles. The molecular formula is C18H20O. The lowest BCUT2D eigenvalue weighted by Crippen LogP contribution is -1.82. The highest BCUT2D eigenvalue weighted by Crippen LogP contribution is 2.14. The first kappa shape index (κ1) is 13.4. The Morgan fingerprint density at radius 2 is 1.37 bits per heavy atom. The van der Waals surface area contributed by atoms with Gasteiger partial charge in [-0.25, -0.2) is 0 Å². The number of hydrogen-bond acceptors (Lipinski definition) is 1. The van der Waals surface area contributed by atoms with E-state index in [1.54, 1.807) is 7.11 Å². The molecule has 0 heterocycles. The van der Waals surface area contributed by atoms with E-state index in [0.717, 1.165) is 12.2 Å². The van der Waals surface area contributed by atoms with E-state index in [1.807, 2.05) is 12.1 Å². The molecule has 0 unspecified atom stereocenters. The van der Waals surface area contributed by atoms with Gasteiger partial charge in [0.25, 0.3) is 0 Å². The zero-order valence-corrected chi connectivity index (χ0v) is 11.6. The summed E-state index contributed by atoms with van der Waals surface area (Å²) in [6.07, 6.45) is 6.61. The van der Waals surface area contributed by atoms with Crippen molar-refractivity contribution in [2.75, 3.05) is 7.11 Å². The Balaban J connectivity index is 2.04. The minimum absolute atomic E-state index is 0.890. The lowest BCUT2D eigenvalue weighted by Gasteiger charge is -2.00. The maximum absolute atomic E-state index is 5.14. The summed E-state index contributed by atoms with van der Waals surface area (Å²) in [5, 5.41) is 0. The molecule has 2 aromatic rings. The van der Waals surface area contributed by atoms with Gasteiger partial charge in [0.05, 0.1) is 7.11 Å². The van der Waals surface area contributed by atoms with Gasteiger partial charge in [-0.2, -0.15) is 0 Å². The Kier molecular flexibility index (Phi) is 4.79. The van der Waals surface area contributed by atoms with E-state index in [1.165, 1.54) is 23.1 Å². The van der Waals surface area contributed by atoms with Crippen molar-refractivity contribution in [1.82, 2.24) is 0 Å². The standard InChI is InChI=1S/C18H20O/c1-3-4-15-5-7-16(8-6-15)9-10-17-11-13-18(19-2)14-12-17/h5-14H,3-4H2,1-2H3/b10-9-. The molecule has 0 atom stereocenters. The maximum atomic E-state index is 5.14. The lowest BCUT2D eigenvalue weighted by atomic mass is 10.1. The molecule has 0 amide bonds. The highest BCUT2D eigenvalue weighted by Gasteiger charge is 1.92. The quantitative estimate of drug-likeness (QED) is 0.693. The Hall–Kier alpha value is -2.02. The molecule has 2 aromatic carbocycles. The third-order valence-electron chi connectivity index (χ3n) is 3.10. The molecule has 2 rings (SSSR count). The van der Waals surface area contributed by atoms with E-state index < -0.39 is 0 Å². The molecule has 0 aliphatic rings. The second-order valence-corrected chi connectivity index (χ2v) is 4.60. The number of ether oxygens (including phenoxy) is 1. The van der Waals surface area contributed by atoms with Gasteiger partial charge in [0.15, 0.2) is 0 Å². The number of hydrogen-bond donors (Lipinski definition) is 0. The molecule has 0 spiro atoms. The fourth-order valence-electron chi connectivity index (χ4n) is 1.99. The summed E-state index contributed by atoms with van der Waals surface area (Å²) in [6, 6.07) is 16.8. The van der Waals surface area contributed by atoms with E-state index in [9.17, 15) is 0 Å². The Bertz CT molecular complexity index is 521. The molecule has 0 fully saturated rings. The van der Waals surface area contributed by atoms with Crippen LogP contribution in [0.4, 0.5) is 0 Å². The van der Waals surface area contributed by atoms with E-state index in [4.69, 9.17) is 4.74 Å². The summed E-state index contributed by atoms with van der Waals surface area (Å²) >= 11 is 0. The molecule has 0 N–H and O–H groups in total. The highest BCUT2D eigenvalue weighted by atomic mass is 16.5. The van der Waals surface area contributed by atoms with Gasteiger partial charge in [0.1, 0.15) is 5.75 Å². The van der Waals surface area contributed by atoms with E-state index >= 15 is 0 Å². The van der Waals surface area contributed by atoms with Crippen molar-refractivity contribution < 1.29 is 4.74 Å². The Morgan fingerprint density at radius 1 is 0.842 bits per heavy atom. The fraction of sp³-hybridized carbons (Fsp3) is 0.222. The molecule has 0 saturated carbocycles. The van der Waals surface area contributed by atoms with Gasteiger partial charge < -0.3 is 4.74 Å². The normalized spacial score (nSPS) is 10.8. The second kappa shape index (κ2) is 6.79. The van der Waals surface area contributed by atoms with Crippen LogP contribution >= 0.6 is 0 Å².